The van der Waals surface area contributed by atoms with Crippen LogP contribution in [-0.2, 0) is 9.98 Å². The van der Waals surface area contributed by atoms with Crippen LogP contribution in [0.1, 0.15) is 35.3 Å². The van der Waals surface area contributed by atoms with Gasteiger partial charge in [-0.15, -0.1) is 0 Å². The second kappa shape index (κ2) is 7.40. The third-order valence-corrected chi connectivity index (χ3v) is 11.7. The predicted octanol–water partition coefficient (Wildman–Crippen LogP) is 5.80. The molecule has 40 heavy (non-hydrogen) atoms. The Kier molecular flexibility index (Phi) is 4.34. The molecule has 200 valence electrons. The normalized spacial score (nSPS) is 19.0. The maximum atomic E-state index is 16.0. The molecule has 0 radical (unpaired) electrons. The molecule has 1 atom stereocenters. The van der Waals surface area contributed by atoms with Crippen molar-refractivity contribution in [3.63, 3.8) is 0 Å². The number of fused-ring (bicyclic) bond motifs is 3. The lowest BCUT2D eigenvalue weighted by Gasteiger charge is -2.49. The van der Waals surface area contributed by atoms with E-state index in [9.17, 15) is 4.79 Å². The standard InChI is InChI=1S/C31H24NO7P/c1-31(2)17-12-16(35-3)6-7-19(17)32-20-8-9-21(36-4)26-28(20)40(34)29-23(38-26)10-15(14-33)11-24(29)39-27-22(37-5)13-18(31)25(32)30(27)40/h6-14H,1-5H3. The molecule has 0 N–H and O–H groups in total. The quantitative estimate of drug-likeness (QED) is 0.200. The number of aldehydes is 1. The van der Waals surface area contributed by atoms with Gasteiger partial charge in [-0.3, -0.25) is 4.79 Å². The van der Waals surface area contributed by atoms with E-state index in [4.69, 9.17) is 23.7 Å². The van der Waals surface area contributed by atoms with E-state index in [1.54, 1.807) is 33.5 Å². The summed E-state index contributed by atoms with van der Waals surface area (Å²) in [6.07, 6.45) is 0.721. The summed E-state index contributed by atoms with van der Waals surface area (Å²) in [5.74, 6) is 3.05. The molecule has 9 heteroatoms. The van der Waals surface area contributed by atoms with Crippen LogP contribution in [0.3, 0.4) is 0 Å². The molecule has 1 unspecified atom stereocenters. The minimum absolute atomic E-state index is 0.321. The van der Waals surface area contributed by atoms with E-state index < -0.39 is 12.6 Å². The van der Waals surface area contributed by atoms with Crippen molar-refractivity contribution in [2.24, 2.45) is 0 Å². The number of benzene rings is 4. The Bertz CT molecular complexity index is 1890. The molecule has 4 aliphatic heterocycles. The minimum Gasteiger partial charge on any atom is -0.497 e. The van der Waals surface area contributed by atoms with Gasteiger partial charge >= 0.3 is 0 Å². The Hall–Kier alpha value is -4.42. The van der Waals surface area contributed by atoms with Crippen molar-refractivity contribution in [2.45, 2.75) is 19.3 Å². The lowest BCUT2D eigenvalue weighted by molar-refractivity contribution is 0.112. The molecule has 0 aliphatic carbocycles. The Morgan fingerprint density at radius 3 is 2.10 bits per heavy atom. The summed E-state index contributed by atoms with van der Waals surface area (Å²) in [5.41, 5.74) is 4.34. The van der Waals surface area contributed by atoms with Crippen LogP contribution in [-0.4, -0.2) is 27.6 Å². The van der Waals surface area contributed by atoms with Crippen molar-refractivity contribution < 1.29 is 33.0 Å². The van der Waals surface area contributed by atoms with Crippen LogP contribution >= 0.6 is 7.14 Å². The summed E-state index contributed by atoms with van der Waals surface area (Å²) < 4.78 is 46.1. The SMILES string of the molecule is COc1ccc2c(c1)C(C)(C)c1cc(OC)c3c4c1N2c1ccc(OC)c2c1P4(=O)c1c(cc(C=O)cc1O3)O2. The summed E-state index contributed by atoms with van der Waals surface area (Å²) >= 11 is 0. The maximum Gasteiger partial charge on any atom is 0.190 e. The molecular weight excluding hydrogens is 529 g/mol. The molecule has 0 saturated carbocycles. The van der Waals surface area contributed by atoms with Gasteiger partial charge in [-0.25, -0.2) is 0 Å². The van der Waals surface area contributed by atoms with Crippen LogP contribution in [0.2, 0.25) is 0 Å². The van der Waals surface area contributed by atoms with E-state index >= 15 is 4.57 Å². The van der Waals surface area contributed by atoms with Gasteiger partial charge in [-0.1, -0.05) is 13.8 Å². The molecule has 4 aliphatic rings. The highest BCUT2D eigenvalue weighted by Gasteiger charge is 2.57. The van der Waals surface area contributed by atoms with E-state index in [0.29, 0.717) is 56.0 Å². The molecule has 0 saturated heterocycles. The average Bonchev–Trinajstić information content (AvgIpc) is 2.96. The summed E-state index contributed by atoms with van der Waals surface area (Å²) in [6, 6.07) is 15.0. The number of ether oxygens (including phenoxy) is 5. The van der Waals surface area contributed by atoms with Gasteiger partial charge in [-0.05, 0) is 59.7 Å². The molecule has 0 amide bonds. The first kappa shape index (κ1) is 23.5. The van der Waals surface area contributed by atoms with Crippen molar-refractivity contribution >= 4 is 46.4 Å². The third kappa shape index (κ3) is 2.49. The van der Waals surface area contributed by atoms with Crippen molar-refractivity contribution in [1.29, 1.82) is 0 Å². The first-order chi connectivity index (χ1) is 19.3. The van der Waals surface area contributed by atoms with Gasteiger partial charge in [0.05, 0.1) is 49.0 Å². The molecule has 0 bridgehead atoms. The van der Waals surface area contributed by atoms with Crippen LogP contribution in [0, 0.1) is 0 Å². The Balaban J connectivity index is 1.60. The first-order valence-corrected chi connectivity index (χ1v) is 14.5. The topological polar surface area (TPSA) is 83.5 Å². The van der Waals surface area contributed by atoms with E-state index in [1.165, 1.54) is 0 Å². The third-order valence-electron chi connectivity index (χ3n) is 8.53. The number of anilines is 3. The second-order valence-electron chi connectivity index (χ2n) is 10.8. The fourth-order valence-corrected chi connectivity index (χ4v) is 10.1. The van der Waals surface area contributed by atoms with Crippen molar-refractivity contribution in [3.05, 3.63) is 65.2 Å². The smallest absolute Gasteiger partial charge is 0.190 e. The van der Waals surface area contributed by atoms with Crippen LogP contribution < -0.4 is 44.5 Å². The molecule has 4 aromatic carbocycles. The fraction of sp³-hybridized carbons (Fsp3) is 0.194. The van der Waals surface area contributed by atoms with Crippen molar-refractivity contribution in [1.82, 2.24) is 0 Å². The lowest BCUT2D eigenvalue weighted by Crippen LogP contribution is -2.46. The molecule has 4 aromatic rings. The highest BCUT2D eigenvalue weighted by molar-refractivity contribution is 7.87. The van der Waals surface area contributed by atoms with E-state index in [1.807, 2.05) is 30.3 Å². The van der Waals surface area contributed by atoms with Crippen LogP contribution in [0.15, 0.2) is 48.5 Å². The highest BCUT2D eigenvalue weighted by atomic mass is 31.2. The average molecular weight is 554 g/mol. The number of carbonyl (C=O) groups is 1. The van der Waals surface area contributed by atoms with Crippen molar-refractivity contribution in [3.8, 4) is 40.2 Å². The molecule has 8 rings (SSSR count). The lowest BCUT2D eigenvalue weighted by atomic mass is 9.73. The summed E-state index contributed by atoms with van der Waals surface area (Å²) in [7, 11) is 1.17. The summed E-state index contributed by atoms with van der Waals surface area (Å²) in [4.78, 5) is 14.0. The zero-order valence-corrected chi connectivity index (χ0v) is 23.3. The number of rotatable bonds is 4. The van der Waals surface area contributed by atoms with Crippen molar-refractivity contribution in [2.75, 3.05) is 26.2 Å². The Morgan fingerprint density at radius 2 is 1.45 bits per heavy atom. The fourth-order valence-electron chi connectivity index (χ4n) is 6.69. The monoisotopic (exact) mass is 553 g/mol. The highest BCUT2D eigenvalue weighted by Crippen LogP contribution is 2.69. The summed E-state index contributed by atoms with van der Waals surface area (Å²) in [6.45, 7) is 4.29. The number of nitrogens with zero attached hydrogens (tertiary/aromatic N) is 1. The zero-order valence-electron chi connectivity index (χ0n) is 22.4. The first-order valence-electron chi connectivity index (χ1n) is 12.8. The largest absolute Gasteiger partial charge is 0.497 e. The van der Waals surface area contributed by atoms with Crippen LogP contribution in [0.4, 0.5) is 17.1 Å². The minimum atomic E-state index is -3.61. The van der Waals surface area contributed by atoms with E-state index in [0.717, 1.165) is 40.2 Å². The van der Waals surface area contributed by atoms with Gasteiger partial charge in [-0.2, -0.15) is 0 Å². The van der Waals surface area contributed by atoms with Gasteiger partial charge in [0, 0.05) is 11.0 Å². The van der Waals surface area contributed by atoms with E-state index in [-0.39, 0.29) is 0 Å². The van der Waals surface area contributed by atoms with Gasteiger partial charge in [0.2, 0.25) is 0 Å². The molecule has 0 fully saturated rings. The summed E-state index contributed by atoms with van der Waals surface area (Å²) in [5, 5.41) is 1.55. The van der Waals surface area contributed by atoms with Crippen LogP contribution in [0.25, 0.3) is 0 Å². The zero-order chi connectivity index (χ0) is 27.7. The molecule has 4 heterocycles. The number of hydrogen-bond donors (Lipinski definition) is 0. The van der Waals surface area contributed by atoms with Gasteiger partial charge in [0.15, 0.2) is 30.1 Å². The molecular formula is C31H24NO7P. The molecule has 0 aromatic heterocycles. The predicted molar refractivity (Wildman–Crippen MR) is 151 cm³/mol. The second-order valence-corrected chi connectivity index (χ2v) is 13.3. The number of hydrogen-bond acceptors (Lipinski definition) is 8. The number of methoxy groups -OCH3 is 3. The van der Waals surface area contributed by atoms with Gasteiger partial charge in [0.1, 0.15) is 28.8 Å². The van der Waals surface area contributed by atoms with Gasteiger partial charge < -0.3 is 33.1 Å². The molecule has 8 nitrogen and oxygen atoms in total. The van der Waals surface area contributed by atoms with Crippen LogP contribution in [0.5, 0.6) is 40.2 Å². The van der Waals surface area contributed by atoms with Gasteiger partial charge in [0.25, 0.3) is 0 Å². The Labute approximate surface area is 230 Å². The Morgan fingerprint density at radius 1 is 0.775 bits per heavy atom. The van der Waals surface area contributed by atoms with E-state index in [2.05, 4.69) is 24.8 Å². The molecule has 0 spiro atoms. The maximum absolute atomic E-state index is 16.0. The number of carbonyl (C=O) groups excluding carboxylic acids is 1.